The van der Waals surface area contributed by atoms with Gasteiger partial charge in [-0.3, -0.25) is 14.6 Å². The number of hydrogen-bond acceptors (Lipinski definition) is 5. The number of likely N-dealkylation sites (N-methyl/N-ethyl adjacent to an activating group) is 1. The number of nitrogens with one attached hydrogen (secondary N) is 2. The lowest BCUT2D eigenvalue weighted by atomic mass is 10.2. The van der Waals surface area contributed by atoms with Crippen LogP contribution in [0.2, 0.25) is 0 Å². The Morgan fingerprint density at radius 1 is 1.00 bits per heavy atom. The molecule has 3 rings (SSSR count). The van der Waals surface area contributed by atoms with E-state index in [1.807, 2.05) is 29.2 Å². The highest BCUT2D eigenvalue weighted by Crippen LogP contribution is 2.21. The molecule has 1 aromatic heterocycles. The van der Waals surface area contributed by atoms with Gasteiger partial charge in [0.05, 0.1) is 17.4 Å². The lowest BCUT2D eigenvalue weighted by Gasteiger charge is -2.32. The van der Waals surface area contributed by atoms with Gasteiger partial charge in [-0.2, -0.15) is 0 Å². The quantitative estimate of drug-likeness (QED) is 0.881. The molecule has 0 bridgehead atoms. The summed E-state index contributed by atoms with van der Waals surface area (Å²) >= 11 is 0. The topological polar surface area (TPSA) is 77.6 Å². The number of amides is 2. The van der Waals surface area contributed by atoms with Crippen LogP contribution in [0.15, 0.2) is 42.7 Å². The highest BCUT2D eigenvalue weighted by atomic mass is 16.2. The van der Waals surface area contributed by atoms with E-state index >= 15 is 0 Å². The third-order valence-electron chi connectivity index (χ3n) is 4.25. The summed E-state index contributed by atoms with van der Waals surface area (Å²) in [7, 11) is 2.06. The summed E-state index contributed by atoms with van der Waals surface area (Å²) in [6.07, 6.45) is 3.27. The van der Waals surface area contributed by atoms with Gasteiger partial charge in [-0.05, 0) is 31.3 Å². The van der Waals surface area contributed by atoms with Gasteiger partial charge in [-0.25, -0.2) is 0 Å². The molecule has 2 N–H and O–H groups in total. The van der Waals surface area contributed by atoms with E-state index < -0.39 is 0 Å². The Bertz CT molecular complexity index is 800. The standard InChI is InChI=1S/C19H23N5O2/c1-14(25)21-16-4-3-5-17(11-16)22-18-10-15(12-20-13-18)19(26)24-8-6-23(2)7-9-24/h3-5,10-13,22H,6-9H2,1-2H3,(H,21,25). The molecule has 7 heteroatoms. The van der Waals surface area contributed by atoms with E-state index in [0.29, 0.717) is 11.3 Å². The predicted molar refractivity (Wildman–Crippen MR) is 102 cm³/mol. The van der Waals surface area contributed by atoms with Crippen molar-refractivity contribution in [3.05, 3.63) is 48.3 Å². The third kappa shape index (κ3) is 4.58. The van der Waals surface area contributed by atoms with Crippen LogP contribution < -0.4 is 10.6 Å². The Morgan fingerprint density at radius 2 is 1.73 bits per heavy atom. The molecule has 2 aromatic rings. The number of rotatable bonds is 4. The van der Waals surface area contributed by atoms with E-state index in [-0.39, 0.29) is 11.8 Å². The number of anilines is 3. The first-order chi connectivity index (χ1) is 12.5. The molecule has 0 atom stereocenters. The first-order valence-electron chi connectivity index (χ1n) is 8.59. The van der Waals surface area contributed by atoms with Gasteiger partial charge in [0.1, 0.15) is 0 Å². The Morgan fingerprint density at radius 3 is 2.46 bits per heavy atom. The summed E-state index contributed by atoms with van der Waals surface area (Å²) in [5, 5.41) is 5.98. The fraction of sp³-hybridized carbons (Fsp3) is 0.316. The van der Waals surface area contributed by atoms with Crippen molar-refractivity contribution in [3.63, 3.8) is 0 Å². The van der Waals surface area contributed by atoms with Crippen LogP contribution in [0.3, 0.4) is 0 Å². The molecule has 7 nitrogen and oxygen atoms in total. The van der Waals surface area contributed by atoms with Crippen molar-refractivity contribution in [2.24, 2.45) is 0 Å². The zero-order valence-electron chi connectivity index (χ0n) is 15.0. The van der Waals surface area contributed by atoms with Crippen LogP contribution in [0, 0.1) is 0 Å². The number of carbonyl (C=O) groups is 2. The molecule has 136 valence electrons. The van der Waals surface area contributed by atoms with Gasteiger partial charge in [0.25, 0.3) is 5.91 Å². The molecule has 0 spiro atoms. The van der Waals surface area contributed by atoms with Crippen molar-refractivity contribution in [1.82, 2.24) is 14.8 Å². The third-order valence-corrected chi connectivity index (χ3v) is 4.25. The molecular formula is C19H23N5O2. The smallest absolute Gasteiger partial charge is 0.255 e. The maximum atomic E-state index is 12.7. The number of aromatic nitrogens is 1. The Labute approximate surface area is 153 Å². The maximum absolute atomic E-state index is 12.7. The number of nitrogens with zero attached hydrogens (tertiary/aromatic N) is 3. The SMILES string of the molecule is CC(=O)Nc1cccc(Nc2cncc(C(=O)N3CCN(C)CC3)c2)c1. The Balaban J connectivity index is 1.71. The van der Waals surface area contributed by atoms with Crippen molar-refractivity contribution in [3.8, 4) is 0 Å². The molecule has 1 aromatic carbocycles. The minimum absolute atomic E-state index is 0.00115. The van der Waals surface area contributed by atoms with Crippen LogP contribution in [0.25, 0.3) is 0 Å². The summed E-state index contributed by atoms with van der Waals surface area (Å²) in [5.74, 6) is -0.121. The van der Waals surface area contributed by atoms with Gasteiger partial charge in [-0.15, -0.1) is 0 Å². The van der Waals surface area contributed by atoms with Crippen LogP contribution in [0.1, 0.15) is 17.3 Å². The monoisotopic (exact) mass is 353 g/mol. The zero-order valence-corrected chi connectivity index (χ0v) is 15.0. The molecule has 0 radical (unpaired) electrons. The van der Waals surface area contributed by atoms with Crippen molar-refractivity contribution < 1.29 is 9.59 Å². The average molecular weight is 353 g/mol. The zero-order chi connectivity index (χ0) is 18.5. The van der Waals surface area contributed by atoms with E-state index in [1.165, 1.54) is 6.92 Å². The molecule has 0 unspecified atom stereocenters. The molecule has 1 aliphatic rings. The van der Waals surface area contributed by atoms with Gasteiger partial charge >= 0.3 is 0 Å². The molecule has 1 fully saturated rings. The van der Waals surface area contributed by atoms with Gasteiger partial charge in [0, 0.05) is 50.7 Å². The number of pyridine rings is 1. The maximum Gasteiger partial charge on any atom is 0.255 e. The number of carbonyl (C=O) groups excluding carboxylic acids is 2. The summed E-state index contributed by atoms with van der Waals surface area (Å²) in [6.45, 7) is 4.69. The average Bonchev–Trinajstić information content (AvgIpc) is 2.62. The van der Waals surface area contributed by atoms with Gasteiger partial charge in [-0.1, -0.05) is 6.07 Å². The lowest BCUT2D eigenvalue weighted by molar-refractivity contribution is -0.114. The molecule has 2 heterocycles. The highest BCUT2D eigenvalue weighted by Gasteiger charge is 2.20. The van der Waals surface area contributed by atoms with E-state index in [2.05, 4.69) is 27.6 Å². The largest absolute Gasteiger partial charge is 0.354 e. The second kappa shape index (κ2) is 7.97. The van der Waals surface area contributed by atoms with Crippen molar-refractivity contribution in [2.75, 3.05) is 43.9 Å². The molecule has 0 saturated carbocycles. The first kappa shape index (κ1) is 17.9. The van der Waals surface area contributed by atoms with E-state index in [4.69, 9.17) is 0 Å². The number of hydrogen-bond donors (Lipinski definition) is 2. The van der Waals surface area contributed by atoms with Crippen LogP contribution in [0.4, 0.5) is 17.1 Å². The fourth-order valence-electron chi connectivity index (χ4n) is 2.86. The van der Waals surface area contributed by atoms with Crippen molar-refractivity contribution in [1.29, 1.82) is 0 Å². The second-order valence-electron chi connectivity index (χ2n) is 6.44. The highest BCUT2D eigenvalue weighted by molar-refractivity contribution is 5.95. The van der Waals surface area contributed by atoms with Crippen LogP contribution in [-0.4, -0.2) is 59.8 Å². The molecule has 2 amide bonds. The minimum atomic E-state index is -0.122. The fourth-order valence-corrected chi connectivity index (χ4v) is 2.86. The molecule has 1 saturated heterocycles. The Kier molecular flexibility index (Phi) is 5.48. The van der Waals surface area contributed by atoms with Crippen molar-refractivity contribution >= 4 is 28.9 Å². The van der Waals surface area contributed by atoms with Crippen molar-refractivity contribution in [2.45, 2.75) is 6.92 Å². The van der Waals surface area contributed by atoms with E-state index in [0.717, 1.165) is 37.6 Å². The van der Waals surface area contributed by atoms with E-state index in [1.54, 1.807) is 18.5 Å². The Hall–Kier alpha value is -2.93. The predicted octanol–water partition coefficient (Wildman–Crippen LogP) is 2.17. The lowest BCUT2D eigenvalue weighted by Crippen LogP contribution is -2.47. The van der Waals surface area contributed by atoms with Gasteiger partial charge in [0.15, 0.2) is 0 Å². The first-order valence-corrected chi connectivity index (χ1v) is 8.59. The number of piperazine rings is 1. The second-order valence-corrected chi connectivity index (χ2v) is 6.44. The minimum Gasteiger partial charge on any atom is -0.354 e. The molecular weight excluding hydrogens is 330 g/mol. The molecule has 26 heavy (non-hydrogen) atoms. The molecule has 0 aliphatic carbocycles. The molecule has 1 aliphatic heterocycles. The van der Waals surface area contributed by atoms with Crippen LogP contribution in [-0.2, 0) is 4.79 Å². The van der Waals surface area contributed by atoms with E-state index in [9.17, 15) is 9.59 Å². The van der Waals surface area contributed by atoms with Crippen LogP contribution >= 0.6 is 0 Å². The van der Waals surface area contributed by atoms with Gasteiger partial charge in [0.2, 0.25) is 5.91 Å². The van der Waals surface area contributed by atoms with Crippen LogP contribution in [0.5, 0.6) is 0 Å². The summed E-state index contributed by atoms with van der Waals surface area (Å²) in [4.78, 5) is 32.1. The summed E-state index contributed by atoms with van der Waals surface area (Å²) in [5.41, 5.74) is 2.81. The van der Waals surface area contributed by atoms with Gasteiger partial charge < -0.3 is 20.4 Å². The number of benzene rings is 1. The normalized spacial score (nSPS) is 14.8. The summed E-state index contributed by atoms with van der Waals surface area (Å²) < 4.78 is 0. The summed E-state index contributed by atoms with van der Waals surface area (Å²) in [6, 6.07) is 9.19.